The third kappa shape index (κ3) is 2.83. The molecule has 2 heterocycles. The number of rotatable bonds is 2. The molecule has 1 aromatic rings. The Morgan fingerprint density at radius 3 is 2.87 bits per heavy atom. The molecule has 0 aliphatic carbocycles. The van der Waals surface area contributed by atoms with Crippen LogP contribution in [-0.2, 0) is 4.74 Å². The molecular weight excluding hydrogens is 278 g/mol. The molecule has 1 aliphatic rings. The lowest BCUT2D eigenvalue weighted by Gasteiger charge is -2.21. The second-order valence-corrected chi connectivity index (χ2v) is 5.39. The van der Waals surface area contributed by atoms with Crippen LogP contribution in [0, 0.1) is 0 Å². The third-order valence-corrected chi connectivity index (χ3v) is 4.61. The second kappa shape index (κ2) is 5.14. The Balaban J connectivity index is 2.06. The highest BCUT2D eigenvalue weighted by Gasteiger charge is 2.17. The van der Waals surface area contributed by atoms with Crippen molar-refractivity contribution in [2.45, 2.75) is 23.1 Å². The van der Waals surface area contributed by atoms with Gasteiger partial charge in [-0.1, -0.05) is 0 Å². The van der Waals surface area contributed by atoms with Gasteiger partial charge in [-0.25, -0.2) is 9.97 Å². The molecule has 6 heteroatoms. The molecule has 0 amide bonds. The van der Waals surface area contributed by atoms with E-state index in [-0.39, 0.29) is 0 Å². The van der Waals surface area contributed by atoms with Gasteiger partial charge < -0.3 is 10.5 Å². The van der Waals surface area contributed by atoms with Crippen molar-refractivity contribution in [3.63, 3.8) is 0 Å². The maximum Gasteiger partial charge on any atom is 0.142 e. The van der Waals surface area contributed by atoms with Gasteiger partial charge in [0, 0.05) is 18.5 Å². The van der Waals surface area contributed by atoms with Crippen LogP contribution in [0.4, 0.5) is 5.82 Å². The maximum atomic E-state index is 5.69. The Bertz CT molecular complexity index is 344. The van der Waals surface area contributed by atoms with E-state index in [9.17, 15) is 0 Å². The topological polar surface area (TPSA) is 61.0 Å². The quantitative estimate of drug-likeness (QED) is 0.845. The van der Waals surface area contributed by atoms with E-state index >= 15 is 0 Å². The first kappa shape index (κ1) is 11.2. The lowest BCUT2D eigenvalue weighted by Crippen LogP contribution is -2.17. The number of nitrogens with two attached hydrogens (primary N) is 1. The molecule has 15 heavy (non-hydrogen) atoms. The van der Waals surface area contributed by atoms with Gasteiger partial charge in [0.05, 0.1) is 4.47 Å². The summed E-state index contributed by atoms with van der Waals surface area (Å²) in [6, 6.07) is 0. The van der Waals surface area contributed by atoms with Gasteiger partial charge >= 0.3 is 0 Å². The zero-order chi connectivity index (χ0) is 10.7. The maximum absolute atomic E-state index is 5.69. The number of nitrogens with zero attached hydrogens (tertiary/aromatic N) is 2. The van der Waals surface area contributed by atoms with Crippen molar-refractivity contribution in [2.24, 2.45) is 0 Å². The van der Waals surface area contributed by atoms with E-state index in [1.807, 2.05) is 0 Å². The van der Waals surface area contributed by atoms with Crippen LogP contribution in [0.15, 0.2) is 15.8 Å². The molecule has 1 aromatic heterocycles. The summed E-state index contributed by atoms with van der Waals surface area (Å²) in [6.45, 7) is 1.69. The van der Waals surface area contributed by atoms with Crippen molar-refractivity contribution < 1.29 is 4.74 Å². The van der Waals surface area contributed by atoms with Gasteiger partial charge in [0.25, 0.3) is 0 Å². The second-order valence-electron chi connectivity index (χ2n) is 3.31. The van der Waals surface area contributed by atoms with Crippen molar-refractivity contribution in [1.82, 2.24) is 9.97 Å². The van der Waals surface area contributed by atoms with Crippen LogP contribution in [-0.4, -0.2) is 28.4 Å². The van der Waals surface area contributed by atoms with E-state index < -0.39 is 0 Å². The lowest BCUT2D eigenvalue weighted by atomic mass is 10.2. The zero-order valence-electron chi connectivity index (χ0n) is 8.15. The first-order valence-electron chi connectivity index (χ1n) is 4.77. The summed E-state index contributed by atoms with van der Waals surface area (Å²) in [6.07, 6.45) is 3.64. The Morgan fingerprint density at radius 1 is 1.40 bits per heavy atom. The molecule has 2 N–H and O–H groups in total. The molecule has 1 aliphatic heterocycles. The van der Waals surface area contributed by atoms with E-state index in [4.69, 9.17) is 10.5 Å². The largest absolute Gasteiger partial charge is 0.383 e. The number of hydrogen-bond acceptors (Lipinski definition) is 5. The third-order valence-electron chi connectivity index (χ3n) is 2.23. The summed E-state index contributed by atoms with van der Waals surface area (Å²) < 4.78 is 6.12. The fourth-order valence-corrected chi connectivity index (χ4v) is 2.95. The van der Waals surface area contributed by atoms with Crippen LogP contribution in [0.25, 0.3) is 0 Å². The molecule has 4 nitrogen and oxygen atoms in total. The average Bonchev–Trinajstić information content (AvgIpc) is 2.26. The number of ether oxygens (including phenoxy) is 1. The highest BCUT2D eigenvalue weighted by atomic mass is 79.9. The van der Waals surface area contributed by atoms with Crippen LogP contribution < -0.4 is 5.73 Å². The molecule has 2 rings (SSSR count). The summed E-state index contributed by atoms with van der Waals surface area (Å²) in [4.78, 5) is 8.13. The highest BCUT2D eigenvalue weighted by Crippen LogP contribution is 2.34. The van der Waals surface area contributed by atoms with Crippen LogP contribution in [0.1, 0.15) is 12.8 Å². The summed E-state index contributed by atoms with van der Waals surface area (Å²) in [5.41, 5.74) is 5.69. The van der Waals surface area contributed by atoms with Gasteiger partial charge in [0.15, 0.2) is 0 Å². The van der Waals surface area contributed by atoms with Crippen molar-refractivity contribution in [1.29, 1.82) is 0 Å². The van der Waals surface area contributed by atoms with E-state index in [1.54, 1.807) is 11.8 Å². The number of nitrogen functional groups attached to an aromatic ring is 1. The van der Waals surface area contributed by atoms with Gasteiger partial charge in [-0.05, 0) is 28.8 Å². The SMILES string of the molecule is Nc1ncnc(SC2CCOCC2)c1Br. The Kier molecular flexibility index (Phi) is 3.82. The van der Waals surface area contributed by atoms with Gasteiger partial charge in [0.1, 0.15) is 17.2 Å². The minimum Gasteiger partial charge on any atom is -0.383 e. The van der Waals surface area contributed by atoms with Crippen LogP contribution in [0.2, 0.25) is 0 Å². The summed E-state index contributed by atoms with van der Waals surface area (Å²) in [5.74, 6) is 0.500. The number of thioether (sulfide) groups is 1. The van der Waals surface area contributed by atoms with Gasteiger partial charge in [-0.3, -0.25) is 0 Å². The molecule has 1 saturated heterocycles. The zero-order valence-corrected chi connectivity index (χ0v) is 10.6. The van der Waals surface area contributed by atoms with Crippen LogP contribution >= 0.6 is 27.7 Å². The molecule has 0 aromatic carbocycles. The minimum atomic E-state index is 0.500. The monoisotopic (exact) mass is 289 g/mol. The lowest BCUT2D eigenvalue weighted by molar-refractivity contribution is 0.1000. The molecule has 0 radical (unpaired) electrons. The van der Waals surface area contributed by atoms with Gasteiger partial charge in [0.2, 0.25) is 0 Å². The Morgan fingerprint density at radius 2 is 2.13 bits per heavy atom. The van der Waals surface area contributed by atoms with E-state index in [0.29, 0.717) is 11.1 Å². The van der Waals surface area contributed by atoms with Gasteiger partial charge in [-0.2, -0.15) is 0 Å². The first-order valence-corrected chi connectivity index (χ1v) is 6.45. The molecule has 1 fully saturated rings. The number of halogens is 1. The Labute approximate surface area is 101 Å². The molecular formula is C9H12BrN3OS. The molecule has 82 valence electrons. The summed E-state index contributed by atoms with van der Waals surface area (Å²) >= 11 is 5.15. The van der Waals surface area contributed by atoms with Crippen molar-refractivity contribution in [2.75, 3.05) is 18.9 Å². The van der Waals surface area contributed by atoms with Gasteiger partial charge in [-0.15, -0.1) is 11.8 Å². The molecule has 0 saturated carbocycles. The van der Waals surface area contributed by atoms with Crippen molar-refractivity contribution >= 4 is 33.5 Å². The Hall–Kier alpha value is -0.330. The molecule has 0 unspecified atom stereocenters. The molecule has 0 spiro atoms. The van der Waals surface area contributed by atoms with Crippen LogP contribution in [0.3, 0.4) is 0 Å². The van der Waals surface area contributed by atoms with Crippen molar-refractivity contribution in [3.05, 3.63) is 10.8 Å². The fraction of sp³-hybridized carbons (Fsp3) is 0.556. The smallest absolute Gasteiger partial charge is 0.142 e. The van der Waals surface area contributed by atoms with E-state index in [2.05, 4.69) is 25.9 Å². The summed E-state index contributed by atoms with van der Waals surface area (Å²) in [5, 5.41) is 1.50. The predicted molar refractivity (Wildman–Crippen MR) is 63.8 cm³/mol. The summed E-state index contributed by atoms with van der Waals surface area (Å²) in [7, 11) is 0. The number of anilines is 1. The highest BCUT2D eigenvalue weighted by molar-refractivity contribution is 9.10. The predicted octanol–water partition coefficient (Wildman–Crippen LogP) is 2.09. The van der Waals surface area contributed by atoms with E-state index in [0.717, 1.165) is 35.6 Å². The number of aromatic nitrogens is 2. The normalized spacial score (nSPS) is 17.9. The van der Waals surface area contributed by atoms with Crippen molar-refractivity contribution in [3.8, 4) is 0 Å². The van der Waals surface area contributed by atoms with E-state index in [1.165, 1.54) is 6.33 Å². The van der Waals surface area contributed by atoms with Crippen LogP contribution in [0.5, 0.6) is 0 Å². The first-order chi connectivity index (χ1) is 7.27. The number of hydrogen-bond donors (Lipinski definition) is 1. The molecule has 0 bridgehead atoms. The molecule has 0 atom stereocenters. The standard InChI is InChI=1S/C9H12BrN3OS/c10-7-8(11)12-5-13-9(7)15-6-1-3-14-4-2-6/h5-6H,1-4H2,(H2,11,12,13). The fourth-order valence-electron chi connectivity index (χ4n) is 1.40. The average molecular weight is 290 g/mol. The minimum absolute atomic E-state index is 0.500.